The van der Waals surface area contributed by atoms with Crippen molar-refractivity contribution in [2.75, 3.05) is 23.2 Å². The molecule has 2 heterocycles. The van der Waals surface area contributed by atoms with Crippen molar-refractivity contribution in [1.82, 2.24) is 20.5 Å². The third kappa shape index (κ3) is 10.1. The van der Waals surface area contributed by atoms with Gasteiger partial charge in [-0.3, -0.25) is 14.8 Å². The molecule has 14 heteroatoms. The number of fused-ring (bicyclic) bond motifs is 1. The average molecular weight is 674 g/mol. The molecule has 1 aliphatic rings. The SMILES string of the molecule is CCCCCCCCCCC(C)C1=CCC(S(=O)(=O)Nc2nnc(CCCCCN(C)c3ccc([N+](=O)[O-])c4nonc34)s2)C=C1. The molecule has 0 aliphatic heterocycles. The largest absolute Gasteiger partial charge is 0.373 e. The Hall–Kier alpha value is -3.39. The van der Waals surface area contributed by atoms with Gasteiger partial charge in [0, 0.05) is 26.1 Å². The first kappa shape index (κ1) is 35.5. The third-order valence-corrected chi connectivity index (χ3v) is 11.3. The Morgan fingerprint density at radius 3 is 2.48 bits per heavy atom. The van der Waals surface area contributed by atoms with Crippen molar-refractivity contribution in [2.24, 2.45) is 5.92 Å². The highest BCUT2D eigenvalue weighted by Crippen LogP contribution is 2.31. The van der Waals surface area contributed by atoms with Gasteiger partial charge in [-0.05, 0) is 53.6 Å². The van der Waals surface area contributed by atoms with E-state index < -0.39 is 20.2 Å². The molecule has 0 spiro atoms. The zero-order valence-electron chi connectivity index (χ0n) is 27.2. The summed E-state index contributed by atoms with van der Waals surface area (Å²) in [6.07, 6.45) is 21.3. The smallest absolute Gasteiger partial charge is 0.300 e. The number of nitrogens with zero attached hydrogens (tertiary/aromatic N) is 6. The molecule has 0 radical (unpaired) electrons. The lowest BCUT2D eigenvalue weighted by Gasteiger charge is -2.20. The van der Waals surface area contributed by atoms with Gasteiger partial charge in [-0.1, -0.05) is 101 Å². The van der Waals surface area contributed by atoms with E-state index in [0.717, 1.165) is 36.4 Å². The van der Waals surface area contributed by atoms with Crippen LogP contribution in [-0.4, -0.2) is 52.7 Å². The average Bonchev–Trinajstić information content (AvgIpc) is 3.71. The van der Waals surface area contributed by atoms with Gasteiger partial charge in [0.15, 0.2) is 5.52 Å². The highest BCUT2D eigenvalue weighted by Gasteiger charge is 2.26. The Morgan fingerprint density at radius 2 is 1.76 bits per heavy atom. The number of benzene rings is 1. The number of nitro groups is 1. The van der Waals surface area contributed by atoms with Crippen LogP contribution in [0.15, 0.2) is 40.6 Å². The highest BCUT2D eigenvalue weighted by molar-refractivity contribution is 7.93. The van der Waals surface area contributed by atoms with E-state index in [4.69, 9.17) is 4.63 Å². The van der Waals surface area contributed by atoms with Crippen LogP contribution in [0.5, 0.6) is 0 Å². The molecule has 1 aromatic carbocycles. The number of sulfonamides is 1. The molecule has 3 aromatic rings. The summed E-state index contributed by atoms with van der Waals surface area (Å²) in [5, 5.41) is 27.5. The molecule has 1 aliphatic carbocycles. The van der Waals surface area contributed by atoms with Gasteiger partial charge < -0.3 is 4.90 Å². The summed E-state index contributed by atoms with van der Waals surface area (Å²) in [6.45, 7) is 5.19. The third-order valence-electron chi connectivity index (χ3n) is 8.61. The molecule has 0 amide bonds. The molecule has 0 fully saturated rings. The number of nitro benzene ring substituents is 1. The zero-order valence-corrected chi connectivity index (χ0v) is 28.8. The number of hydrogen-bond acceptors (Lipinski definition) is 11. The highest BCUT2D eigenvalue weighted by atomic mass is 32.2. The van der Waals surface area contributed by atoms with Crippen molar-refractivity contribution >= 4 is 48.9 Å². The zero-order chi connectivity index (χ0) is 32.9. The molecule has 2 atom stereocenters. The summed E-state index contributed by atoms with van der Waals surface area (Å²) in [7, 11) is -1.72. The summed E-state index contributed by atoms with van der Waals surface area (Å²) in [4.78, 5) is 12.7. The van der Waals surface area contributed by atoms with E-state index in [1.165, 1.54) is 74.3 Å². The number of anilines is 2. The Labute approximate surface area is 275 Å². The minimum atomic E-state index is -3.62. The normalized spacial score (nSPS) is 15.6. The van der Waals surface area contributed by atoms with Gasteiger partial charge in [0.05, 0.1) is 10.6 Å². The molecular weight excluding hydrogens is 627 g/mol. The number of unbranched alkanes of at least 4 members (excludes halogenated alkanes) is 9. The van der Waals surface area contributed by atoms with E-state index in [9.17, 15) is 18.5 Å². The molecule has 2 unspecified atom stereocenters. The van der Waals surface area contributed by atoms with Crippen molar-refractivity contribution in [2.45, 2.75) is 109 Å². The second kappa shape index (κ2) is 17.5. The standard InChI is InChI=1S/C32H47N7O5S2/c1-4-5-6-7-8-9-10-12-15-24(2)25-17-19-26(20-18-25)46(42,43)37-32-34-33-29(45-32)16-13-11-14-23-38(3)27-21-22-28(39(40)41)31-30(27)35-44-36-31/h17-19,21-22,24,26H,4-16,20,23H2,1-3H3,(H,34,37). The van der Waals surface area contributed by atoms with Crippen LogP contribution in [0.25, 0.3) is 11.0 Å². The van der Waals surface area contributed by atoms with Crippen LogP contribution >= 0.6 is 11.3 Å². The quantitative estimate of drug-likeness (QED) is 0.0667. The lowest BCUT2D eigenvalue weighted by molar-refractivity contribution is -0.383. The van der Waals surface area contributed by atoms with Crippen molar-refractivity contribution in [3.8, 4) is 0 Å². The van der Waals surface area contributed by atoms with E-state index in [1.807, 2.05) is 24.1 Å². The van der Waals surface area contributed by atoms with Crippen LogP contribution in [0.2, 0.25) is 0 Å². The molecule has 12 nitrogen and oxygen atoms in total. The maximum Gasteiger partial charge on any atom is 0.300 e. The molecule has 1 N–H and O–H groups in total. The number of hydrogen-bond donors (Lipinski definition) is 1. The molecule has 46 heavy (non-hydrogen) atoms. The van der Waals surface area contributed by atoms with Crippen molar-refractivity contribution < 1.29 is 18.0 Å². The van der Waals surface area contributed by atoms with Crippen LogP contribution < -0.4 is 9.62 Å². The minimum Gasteiger partial charge on any atom is -0.373 e. The number of allylic oxidation sites excluding steroid dienone is 3. The summed E-state index contributed by atoms with van der Waals surface area (Å²) < 4.78 is 33.5. The number of aromatic nitrogens is 4. The number of rotatable bonds is 21. The van der Waals surface area contributed by atoms with Crippen LogP contribution in [0.3, 0.4) is 0 Å². The van der Waals surface area contributed by atoms with Gasteiger partial charge in [-0.25, -0.2) is 13.0 Å². The summed E-state index contributed by atoms with van der Waals surface area (Å²) in [6, 6.07) is 3.07. The lowest BCUT2D eigenvalue weighted by Crippen LogP contribution is -2.27. The number of non-ortho nitro benzene ring substituents is 1. The molecule has 252 valence electrons. The minimum absolute atomic E-state index is 0.136. The predicted octanol–water partition coefficient (Wildman–Crippen LogP) is 8.00. The Morgan fingerprint density at radius 1 is 1.04 bits per heavy atom. The first-order valence-electron chi connectivity index (χ1n) is 16.5. The number of nitrogens with one attached hydrogen (secondary N) is 1. The van der Waals surface area contributed by atoms with Crippen LogP contribution in [0.1, 0.15) is 102 Å². The van der Waals surface area contributed by atoms with Gasteiger partial charge in [0.2, 0.25) is 20.7 Å². The first-order valence-corrected chi connectivity index (χ1v) is 18.9. The van der Waals surface area contributed by atoms with Gasteiger partial charge in [0.1, 0.15) is 10.3 Å². The van der Waals surface area contributed by atoms with Gasteiger partial charge in [0.25, 0.3) is 0 Å². The fourth-order valence-corrected chi connectivity index (χ4v) is 7.99. The fraction of sp³-hybridized carbons (Fsp3) is 0.625. The molecule has 0 saturated carbocycles. The second-order valence-corrected chi connectivity index (χ2v) is 15.2. The maximum absolute atomic E-state index is 13.1. The van der Waals surface area contributed by atoms with Gasteiger partial charge >= 0.3 is 5.69 Å². The first-order chi connectivity index (χ1) is 22.2. The van der Waals surface area contributed by atoms with Crippen LogP contribution in [0, 0.1) is 16.0 Å². The van der Waals surface area contributed by atoms with Crippen LogP contribution in [0.4, 0.5) is 16.5 Å². The van der Waals surface area contributed by atoms with Gasteiger partial charge in [-0.15, -0.1) is 10.2 Å². The van der Waals surface area contributed by atoms with E-state index in [1.54, 1.807) is 6.07 Å². The summed E-state index contributed by atoms with van der Waals surface area (Å²) >= 11 is 1.27. The van der Waals surface area contributed by atoms with Crippen molar-refractivity contribution in [3.05, 3.63) is 51.1 Å². The predicted molar refractivity (Wildman–Crippen MR) is 184 cm³/mol. The molecule has 0 bridgehead atoms. The fourth-order valence-electron chi connectivity index (χ4n) is 5.78. The Balaban J connectivity index is 1.14. The van der Waals surface area contributed by atoms with E-state index >= 15 is 0 Å². The molecule has 4 rings (SSSR count). The topological polar surface area (TPSA) is 157 Å². The monoisotopic (exact) mass is 673 g/mol. The lowest BCUT2D eigenvalue weighted by atomic mass is 9.91. The van der Waals surface area contributed by atoms with Crippen molar-refractivity contribution in [3.63, 3.8) is 0 Å². The van der Waals surface area contributed by atoms with E-state index in [0.29, 0.717) is 36.0 Å². The Kier molecular flexibility index (Phi) is 13.5. The van der Waals surface area contributed by atoms with Crippen LogP contribution in [-0.2, 0) is 16.4 Å². The molecule has 0 saturated heterocycles. The van der Waals surface area contributed by atoms with Crippen molar-refractivity contribution in [1.29, 1.82) is 0 Å². The maximum atomic E-state index is 13.1. The molecular formula is C32H47N7O5S2. The summed E-state index contributed by atoms with van der Waals surface area (Å²) in [5.41, 5.74) is 2.31. The van der Waals surface area contributed by atoms with E-state index in [-0.39, 0.29) is 11.2 Å². The number of aryl methyl sites for hydroxylation is 1. The van der Waals surface area contributed by atoms with Gasteiger partial charge in [-0.2, -0.15) is 0 Å². The summed E-state index contributed by atoms with van der Waals surface area (Å²) in [5.74, 6) is 0.433. The van der Waals surface area contributed by atoms with E-state index in [2.05, 4.69) is 45.2 Å². The molecule has 2 aromatic heterocycles. The Bertz CT molecular complexity index is 1580. The second-order valence-electron chi connectivity index (χ2n) is 12.2.